The molecule has 0 amide bonds. The Bertz CT molecular complexity index is 926. The molecule has 6 heteroatoms. The van der Waals surface area contributed by atoms with Gasteiger partial charge in [-0.05, 0) is 37.5 Å². The number of aliphatic hydroxyl groups is 1. The Morgan fingerprint density at radius 2 is 0.600 bits per heavy atom. The Hall–Kier alpha value is -0.710. The Morgan fingerprint density at radius 3 is 0.892 bits per heavy atom. The Kier molecular flexibility index (Phi) is 50.6. The lowest BCUT2D eigenvalue weighted by Crippen LogP contribution is -2.61. The second-order valence-electron chi connectivity index (χ2n) is 21.6. The fraction of sp³-hybridized carbons (Fsp3) is 0.983. The van der Waals surface area contributed by atoms with Crippen LogP contribution in [0.3, 0.4) is 0 Å². The number of hydrogen-bond donors (Lipinski definition) is 2. The molecule has 0 aliphatic rings. The summed E-state index contributed by atoms with van der Waals surface area (Å²) in [7, 11) is 0. The van der Waals surface area contributed by atoms with Crippen molar-refractivity contribution < 1.29 is 5.11 Å². The minimum Gasteiger partial charge on any atom is -0.392 e. The fourth-order valence-corrected chi connectivity index (χ4v) is 10.1. The van der Waals surface area contributed by atoms with Crippen LogP contribution in [0.1, 0.15) is 324 Å². The molecule has 4 unspecified atom stereocenters. The summed E-state index contributed by atoms with van der Waals surface area (Å²) in [5.41, 5.74) is 0. The maximum absolute atomic E-state index is 11.6. The molecule has 3 N–H and O–H groups in total. The lowest BCUT2D eigenvalue weighted by Gasteiger charge is -2.42. The maximum Gasteiger partial charge on any atom is 0.0682 e. The van der Waals surface area contributed by atoms with Gasteiger partial charge >= 0.3 is 0 Å². The Morgan fingerprint density at radius 1 is 0.354 bits per heavy atom. The van der Waals surface area contributed by atoms with Gasteiger partial charge in [0.05, 0.1) is 18.1 Å². The van der Waals surface area contributed by atoms with Crippen LogP contribution in [0.25, 0.3) is 0 Å². The molecular weight excluding hydrogens is 795 g/mol. The molecule has 0 bridgehead atoms. The first-order valence-corrected chi connectivity index (χ1v) is 29.9. The standard InChI is InChI=1S/C59H121N5O/c1-7-11-15-19-23-27-31-35-39-43-47-56(5)52-62(54-58(51-60)49-45-41-37-33-29-25-21-17-13-9-3)64(61)63(53-57(6)48-44-40-36-32-28-24-20-16-12-8-2)55-59(65)50-46-42-38-34-30-26-22-18-14-10-4/h56-59,65H,7-50,52-55,61H2,1-6H3. The van der Waals surface area contributed by atoms with E-state index in [1.165, 1.54) is 257 Å². The van der Waals surface area contributed by atoms with Gasteiger partial charge in [0.15, 0.2) is 0 Å². The molecule has 4 atom stereocenters. The van der Waals surface area contributed by atoms with Gasteiger partial charge in [0, 0.05) is 26.2 Å². The molecule has 0 saturated carbocycles. The van der Waals surface area contributed by atoms with E-state index >= 15 is 0 Å². The highest BCUT2D eigenvalue weighted by Crippen LogP contribution is 2.22. The van der Waals surface area contributed by atoms with Crippen LogP contribution in [0.4, 0.5) is 0 Å². The predicted octanol–water partition coefficient (Wildman–Crippen LogP) is 18.6. The van der Waals surface area contributed by atoms with E-state index in [4.69, 9.17) is 5.84 Å². The van der Waals surface area contributed by atoms with Crippen molar-refractivity contribution in [2.45, 2.75) is 330 Å². The fourth-order valence-electron chi connectivity index (χ4n) is 10.1. The third-order valence-electron chi connectivity index (χ3n) is 14.6. The first-order valence-electron chi connectivity index (χ1n) is 29.9. The summed E-state index contributed by atoms with van der Waals surface area (Å²) in [4.78, 5) is 0. The van der Waals surface area contributed by atoms with E-state index in [1.54, 1.807) is 0 Å². The van der Waals surface area contributed by atoms with Crippen molar-refractivity contribution in [2.75, 3.05) is 26.2 Å². The molecule has 0 aromatic heterocycles. The number of hydrogen-bond acceptors (Lipinski definition) is 6. The average molecular weight is 917 g/mol. The monoisotopic (exact) mass is 916 g/mol. The molecule has 0 fully saturated rings. The van der Waals surface area contributed by atoms with E-state index in [-0.39, 0.29) is 5.92 Å². The van der Waals surface area contributed by atoms with E-state index in [2.05, 4.69) is 57.6 Å². The first-order chi connectivity index (χ1) is 31.8. The number of nitriles is 1. The van der Waals surface area contributed by atoms with Gasteiger partial charge in [0.2, 0.25) is 0 Å². The topological polar surface area (TPSA) is 79.8 Å². The van der Waals surface area contributed by atoms with Crippen LogP contribution < -0.4 is 5.84 Å². The summed E-state index contributed by atoms with van der Waals surface area (Å²) in [5, 5.41) is 28.6. The van der Waals surface area contributed by atoms with Crippen LogP contribution in [0.5, 0.6) is 0 Å². The van der Waals surface area contributed by atoms with Crippen molar-refractivity contribution >= 4 is 0 Å². The number of rotatable bonds is 54. The number of nitrogens with two attached hydrogens (primary N) is 1. The van der Waals surface area contributed by atoms with Crippen molar-refractivity contribution in [1.82, 2.24) is 15.2 Å². The highest BCUT2D eigenvalue weighted by Gasteiger charge is 2.27. The van der Waals surface area contributed by atoms with Crippen LogP contribution in [0.2, 0.25) is 0 Å². The molecule has 0 aromatic carbocycles. The van der Waals surface area contributed by atoms with E-state index < -0.39 is 6.10 Å². The third kappa shape index (κ3) is 44.3. The normalized spacial score (nSPS) is 13.9. The lowest BCUT2D eigenvalue weighted by molar-refractivity contribution is -0.209. The van der Waals surface area contributed by atoms with Crippen molar-refractivity contribution in [2.24, 2.45) is 23.6 Å². The SMILES string of the molecule is CCCCCCCCCCCCC(C)CN(CC(O)CCCCCCCCCCCC)N(N)N(CC(C)CCCCCCCCCCCC)CC(C#N)CCCCCCCCCCCC. The van der Waals surface area contributed by atoms with E-state index in [9.17, 15) is 10.4 Å². The van der Waals surface area contributed by atoms with Gasteiger partial charge < -0.3 is 5.11 Å². The van der Waals surface area contributed by atoms with Gasteiger partial charge in [-0.3, -0.25) is 0 Å². The summed E-state index contributed by atoms with van der Waals surface area (Å²) >= 11 is 0. The first kappa shape index (κ1) is 64.3. The Labute approximate surface area is 410 Å². The summed E-state index contributed by atoms with van der Waals surface area (Å²) in [6, 6.07) is 2.73. The van der Waals surface area contributed by atoms with Gasteiger partial charge in [0.25, 0.3) is 0 Å². The van der Waals surface area contributed by atoms with Gasteiger partial charge in [-0.2, -0.15) is 5.26 Å². The second kappa shape index (κ2) is 51.1. The molecule has 0 rings (SSSR count). The smallest absolute Gasteiger partial charge is 0.0682 e. The molecule has 0 radical (unpaired) electrons. The van der Waals surface area contributed by atoms with E-state index in [1.807, 2.05) is 5.23 Å². The lowest BCUT2D eigenvalue weighted by atomic mass is 9.99. The van der Waals surface area contributed by atoms with E-state index in [0.29, 0.717) is 24.9 Å². The molecule has 0 aromatic rings. The predicted molar refractivity (Wildman–Crippen MR) is 288 cm³/mol. The second-order valence-corrected chi connectivity index (χ2v) is 21.6. The largest absolute Gasteiger partial charge is 0.392 e. The number of aliphatic hydroxyl groups excluding tert-OH is 1. The van der Waals surface area contributed by atoms with E-state index in [0.717, 1.165) is 38.8 Å². The summed E-state index contributed by atoms with van der Waals surface area (Å²) in [6.07, 6.45) is 57.3. The molecule has 388 valence electrons. The van der Waals surface area contributed by atoms with Crippen LogP contribution in [-0.4, -0.2) is 52.6 Å². The summed E-state index contributed by atoms with van der Waals surface area (Å²) in [6.45, 7) is 16.9. The van der Waals surface area contributed by atoms with Gasteiger partial charge in [0.1, 0.15) is 0 Å². The molecule has 0 saturated heterocycles. The number of nitrogens with zero attached hydrogens (tertiary/aromatic N) is 4. The van der Waals surface area contributed by atoms with Crippen LogP contribution in [0, 0.1) is 29.1 Å². The van der Waals surface area contributed by atoms with Crippen LogP contribution in [-0.2, 0) is 0 Å². The molecular formula is C59H121N5O. The highest BCUT2D eigenvalue weighted by atomic mass is 16.3. The quantitative estimate of drug-likeness (QED) is 0.0359. The molecule has 6 nitrogen and oxygen atoms in total. The van der Waals surface area contributed by atoms with Gasteiger partial charge in [-0.25, -0.2) is 15.9 Å². The van der Waals surface area contributed by atoms with Crippen LogP contribution in [0.15, 0.2) is 0 Å². The van der Waals surface area contributed by atoms with Crippen molar-refractivity contribution in [1.29, 1.82) is 5.26 Å². The minimum absolute atomic E-state index is 0.0397. The molecule has 65 heavy (non-hydrogen) atoms. The maximum atomic E-state index is 11.6. The summed E-state index contributed by atoms with van der Waals surface area (Å²) in [5.74, 6) is 8.23. The zero-order valence-electron chi connectivity index (χ0n) is 45.6. The average Bonchev–Trinajstić information content (AvgIpc) is 3.30. The highest BCUT2D eigenvalue weighted by molar-refractivity contribution is 4.85. The van der Waals surface area contributed by atoms with Crippen molar-refractivity contribution in [3.05, 3.63) is 0 Å². The zero-order valence-corrected chi connectivity index (χ0v) is 45.6. The number of hydrazine groups is 3. The van der Waals surface area contributed by atoms with Gasteiger partial charge in [-0.15, -0.1) is 5.23 Å². The minimum atomic E-state index is -0.399. The molecule has 0 aliphatic heterocycles. The zero-order chi connectivity index (χ0) is 47.7. The van der Waals surface area contributed by atoms with Gasteiger partial charge in [-0.1, -0.05) is 298 Å². The third-order valence-corrected chi connectivity index (χ3v) is 14.6. The van der Waals surface area contributed by atoms with Crippen molar-refractivity contribution in [3.63, 3.8) is 0 Å². The molecule has 0 heterocycles. The summed E-state index contributed by atoms with van der Waals surface area (Å²) < 4.78 is 0. The Balaban J connectivity index is 5.59. The molecule has 0 spiro atoms. The van der Waals surface area contributed by atoms with Crippen LogP contribution >= 0.6 is 0 Å². The van der Waals surface area contributed by atoms with Crippen molar-refractivity contribution in [3.8, 4) is 6.07 Å². The molecule has 0 aliphatic carbocycles. The number of unbranched alkanes of at least 4 members (excludes halogenated alkanes) is 36.